The van der Waals surface area contributed by atoms with Gasteiger partial charge in [0, 0.05) is 38.6 Å². The molecule has 2 saturated heterocycles. The molecule has 0 aromatic carbocycles. The highest BCUT2D eigenvalue weighted by Gasteiger charge is 2.50. The van der Waals surface area contributed by atoms with Crippen LogP contribution in [-0.2, 0) is 21.4 Å². The lowest BCUT2D eigenvalue weighted by Crippen LogP contribution is -2.49. The van der Waals surface area contributed by atoms with Crippen molar-refractivity contribution in [3.8, 4) is 0 Å². The number of nitrogens with zero attached hydrogens (tertiary/aromatic N) is 3. The van der Waals surface area contributed by atoms with Crippen LogP contribution in [0.25, 0.3) is 0 Å². The Morgan fingerprint density at radius 1 is 1.32 bits per heavy atom. The number of carbonyl (C=O) groups excluding carboxylic acids is 1. The molecule has 0 radical (unpaired) electrons. The molecule has 0 N–H and O–H groups in total. The molecule has 6 nitrogen and oxygen atoms in total. The number of pyridine rings is 1. The number of hydrogen-bond donors (Lipinski definition) is 0. The van der Waals surface area contributed by atoms with Crippen molar-refractivity contribution < 1.29 is 13.2 Å². The SMILES string of the molecule is CS(=O)(=O)N1CCC2(CCCN(Cc3cccnc3)C2=O)C1. The Morgan fingerprint density at radius 3 is 2.77 bits per heavy atom. The molecule has 3 heterocycles. The summed E-state index contributed by atoms with van der Waals surface area (Å²) in [7, 11) is -3.23. The van der Waals surface area contributed by atoms with E-state index in [9.17, 15) is 13.2 Å². The molecule has 1 unspecified atom stereocenters. The van der Waals surface area contributed by atoms with Crippen molar-refractivity contribution >= 4 is 15.9 Å². The number of aromatic nitrogens is 1. The minimum atomic E-state index is -3.23. The fraction of sp³-hybridized carbons (Fsp3) is 0.600. The van der Waals surface area contributed by atoms with Crippen LogP contribution in [0.3, 0.4) is 0 Å². The maximum absolute atomic E-state index is 12.9. The fourth-order valence-corrected chi connectivity index (χ4v) is 4.42. The molecular weight excluding hydrogens is 302 g/mol. The molecule has 2 aliphatic heterocycles. The van der Waals surface area contributed by atoms with Crippen LogP contribution < -0.4 is 0 Å². The molecule has 2 fully saturated rings. The first-order chi connectivity index (χ1) is 10.4. The van der Waals surface area contributed by atoms with E-state index in [4.69, 9.17) is 0 Å². The zero-order chi connectivity index (χ0) is 15.8. The maximum Gasteiger partial charge on any atom is 0.230 e. The molecule has 2 aliphatic rings. The molecule has 1 spiro atoms. The van der Waals surface area contributed by atoms with Gasteiger partial charge in [0.1, 0.15) is 0 Å². The van der Waals surface area contributed by atoms with Gasteiger partial charge >= 0.3 is 0 Å². The van der Waals surface area contributed by atoms with Crippen molar-refractivity contribution in [2.45, 2.75) is 25.8 Å². The summed E-state index contributed by atoms with van der Waals surface area (Å²) in [6.07, 6.45) is 7.02. The molecule has 3 rings (SSSR count). The van der Waals surface area contributed by atoms with E-state index in [2.05, 4.69) is 4.98 Å². The zero-order valence-electron chi connectivity index (χ0n) is 12.7. The Bertz CT molecular complexity index is 662. The van der Waals surface area contributed by atoms with Gasteiger partial charge in [0.2, 0.25) is 15.9 Å². The molecule has 120 valence electrons. The molecule has 0 saturated carbocycles. The second-order valence-corrected chi connectivity index (χ2v) is 8.30. The average molecular weight is 323 g/mol. The van der Waals surface area contributed by atoms with E-state index in [0.717, 1.165) is 24.9 Å². The lowest BCUT2D eigenvalue weighted by molar-refractivity contribution is -0.146. The first-order valence-corrected chi connectivity index (χ1v) is 9.39. The van der Waals surface area contributed by atoms with E-state index < -0.39 is 15.4 Å². The second kappa shape index (κ2) is 5.62. The van der Waals surface area contributed by atoms with Crippen molar-refractivity contribution in [1.29, 1.82) is 0 Å². The van der Waals surface area contributed by atoms with Crippen LogP contribution in [0.2, 0.25) is 0 Å². The third-order valence-corrected chi connectivity index (χ3v) is 5.96. The Morgan fingerprint density at radius 2 is 2.14 bits per heavy atom. The zero-order valence-corrected chi connectivity index (χ0v) is 13.6. The standard InChI is InChI=1S/C15H21N3O3S/c1-22(20,21)18-9-6-15(12-18)5-3-8-17(14(15)19)11-13-4-2-7-16-10-13/h2,4,7,10H,3,5-6,8-9,11-12H2,1H3. The Kier molecular flexibility index (Phi) is 3.94. The largest absolute Gasteiger partial charge is 0.338 e. The summed E-state index contributed by atoms with van der Waals surface area (Å²) in [5, 5.41) is 0. The summed E-state index contributed by atoms with van der Waals surface area (Å²) in [5.41, 5.74) is 0.481. The minimum Gasteiger partial charge on any atom is -0.338 e. The van der Waals surface area contributed by atoms with E-state index in [1.54, 1.807) is 12.4 Å². The number of piperidine rings is 1. The van der Waals surface area contributed by atoms with Gasteiger partial charge in [-0.05, 0) is 30.9 Å². The molecule has 1 atom stereocenters. The van der Waals surface area contributed by atoms with Crippen LogP contribution in [0.5, 0.6) is 0 Å². The molecule has 1 aromatic heterocycles. The van der Waals surface area contributed by atoms with Gasteiger partial charge in [-0.25, -0.2) is 12.7 Å². The molecule has 1 amide bonds. The summed E-state index contributed by atoms with van der Waals surface area (Å²) >= 11 is 0. The summed E-state index contributed by atoms with van der Waals surface area (Å²) in [4.78, 5) is 18.8. The van der Waals surface area contributed by atoms with Crippen LogP contribution in [0.15, 0.2) is 24.5 Å². The third-order valence-electron chi connectivity index (χ3n) is 4.71. The predicted molar refractivity (Wildman–Crippen MR) is 82.4 cm³/mol. The highest BCUT2D eigenvalue weighted by atomic mass is 32.2. The summed E-state index contributed by atoms with van der Waals surface area (Å²) in [5.74, 6) is 0.0914. The van der Waals surface area contributed by atoms with Crippen LogP contribution in [0.1, 0.15) is 24.8 Å². The Balaban J connectivity index is 1.76. The topological polar surface area (TPSA) is 70.6 Å². The summed E-state index contributed by atoms with van der Waals surface area (Å²) < 4.78 is 24.9. The van der Waals surface area contributed by atoms with Crippen molar-refractivity contribution in [2.75, 3.05) is 25.9 Å². The van der Waals surface area contributed by atoms with Crippen LogP contribution in [-0.4, -0.2) is 54.4 Å². The second-order valence-electron chi connectivity index (χ2n) is 6.32. The maximum atomic E-state index is 12.9. The fourth-order valence-electron chi connectivity index (χ4n) is 3.51. The van der Waals surface area contributed by atoms with Gasteiger partial charge in [-0.15, -0.1) is 0 Å². The van der Waals surface area contributed by atoms with Gasteiger partial charge in [-0.2, -0.15) is 0 Å². The summed E-state index contributed by atoms with van der Waals surface area (Å²) in [6.45, 7) is 2.06. The number of hydrogen-bond acceptors (Lipinski definition) is 4. The highest BCUT2D eigenvalue weighted by molar-refractivity contribution is 7.88. The van der Waals surface area contributed by atoms with E-state index >= 15 is 0 Å². The van der Waals surface area contributed by atoms with E-state index in [1.165, 1.54) is 10.6 Å². The van der Waals surface area contributed by atoms with Gasteiger partial charge < -0.3 is 4.90 Å². The van der Waals surface area contributed by atoms with Crippen LogP contribution >= 0.6 is 0 Å². The Labute approximate surface area is 131 Å². The van der Waals surface area contributed by atoms with Crippen LogP contribution in [0.4, 0.5) is 0 Å². The van der Waals surface area contributed by atoms with E-state index in [0.29, 0.717) is 26.1 Å². The quantitative estimate of drug-likeness (QED) is 0.827. The molecule has 1 aromatic rings. The van der Waals surface area contributed by atoms with Crippen molar-refractivity contribution in [3.63, 3.8) is 0 Å². The van der Waals surface area contributed by atoms with Crippen LogP contribution in [0, 0.1) is 5.41 Å². The van der Waals surface area contributed by atoms with Gasteiger partial charge in [0.25, 0.3) is 0 Å². The van der Waals surface area contributed by atoms with Crippen molar-refractivity contribution in [3.05, 3.63) is 30.1 Å². The molecule has 7 heteroatoms. The number of rotatable bonds is 3. The normalized spacial score (nSPS) is 26.8. The minimum absolute atomic E-state index is 0.0914. The number of carbonyl (C=O) groups is 1. The smallest absolute Gasteiger partial charge is 0.230 e. The van der Waals surface area contributed by atoms with Crippen molar-refractivity contribution in [1.82, 2.24) is 14.2 Å². The molecule has 0 bridgehead atoms. The predicted octanol–water partition coefficient (Wildman–Crippen LogP) is 0.856. The lowest BCUT2D eigenvalue weighted by atomic mass is 9.78. The Hall–Kier alpha value is -1.47. The molecular formula is C15H21N3O3S. The van der Waals surface area contributed by atoms with E-state index in [1.807, 2.05) is 17.0 Å². The van der Waals surface area contributed by atoms with Gasteiger partial charge in [-0.3, -0.25) is 9.78 Å². The summed E-state index contributed by atoms with van der Waals surface area (Å²) in [6, 6.07) is 3.82. The third kappa shape index (κ3) is 2.87. The molecule has 22 heavy (non-hydrogen) atoms. The molecule has 0 aliphatic carbocycles. The van der Waals surface area contributed by atoms with Gasteiger partial charge in [0.05, 0.1) is 11.7 Å². The highest BCUT2D eigenvalue weighted by Crippen LogP contribution is 2.41. The first kappa shape index (κ1) is 15.4. The number of likely N-dealkylation sites (tertiary alicyclic amines) is 1. The number of amides is 1. The first-order valence-electron chi connectivity index (χ1n) is 7.54. The van der Waals surface area contributed by atoms with Gasteiger partial charge in [-0.1, -0.05) is 6.07 Å². The average Bonchev–Trinajstić information content (AvgIpc) is 2.91. The van der Waals surface area contributed by atoms with Gasteiger partial charge in [0.15, 0.2) is 0 Å². The van der Waals surface area contributed by atoms with Crippen molar-refractivity contribution in [2.24, 2.45) is 5.41 Å². The lowest BCUT2D eigenvalue weighted by Gasteiger charge is -2.39. The monoisotopic (exact) mass is 323 g/mol. The van der Waals surface area contributed by atoms with E-state index in [-0.39, 0.29) is 5.91 Å². The number of sulfonamides is 1.